The fraction of sp³-hybridized carbons (Fsp3) is 0.417. The molecule has 100 valence electrons. The average molecular weight is 262 g/mol. The highest BCUT2D eigenvalue weighted by atomic mass is 19.4. The fourth-order valence-corrected chi connectivity index (χ4v) is 1.28. The second-order valence-electron chi connectivity index (χ2n) is 3.58. The minimum Gasteiger partial charge on any atom is -0.497 e. The van der Waals surface area contributed by atoms with Crippen molar-refractivity contribution in [3.05, 3.63) is 29.3 Å². The maximum absolute atomic E-state index is 12.6. The molecule has 0 aliphatic heterocycles. The van der Waals surface area contributed by atoms with Gasteiger partial charge in [0.15, 0.2) is 0 Å². The highest BCUT2D eigenvalue weighted by molar-refractivity contribution is 5.90. The summed E-state index contributed by atoms with van der Waals surface area (Å²) in [6, 6.07) is 2.80. The average Bonchev–Trinajstić information content (AvgIpc) is 2.34. The van der Waals surface area contributed by atoms with Crippen LogP contribution in [0.25, 0.3) is 0 Å². The minimum atomic E-state index is -4.53. The van der Waals surface area contributed by atoms with Crippen LogP contribution in [0.3, 0.4) is 0 Å². The van der Waals surface area contributed by atoms with Gasteiger partial charge in [-0.1, -0.05) is 6.92 Å². The molecule has 0 amide bonds. The second kappa shape index (κ2) is 5.75. The van der Waals surface area contributed by atoms with Crippen molar-refractivity contribution in [1.29, 1.82) is 0 Å². The predicted molar refractivity (Wildman–Crippen MR) is 58.6 cm³/mol. The van der Waals surface area contributed by atoms with Gasteiger partial charge in [0.2, 0.25) is 0 Å². The lowest BCUT2D eigenvalue weighted by Crippen LogP contribution is -2.10. The molecule has 0 aliphatic rings. The van der Waals surface area contributed by atoms with Crippen molar-refractivity contribution in [2.75, 3.05) is 13.7 Å². The Balaban J connectivity index is 3.08. The molecule has 0 aliphatic carbocycles. The maximum atomic E-state index is 12.6. The molecule has 6 heteroatoms. The molecule has 1 rings (SSSR count). The SMILES string of the molecule is CCCOC(=O)c1cc(OC)cc(C(F)(F)F)c1. The Hall–Kier alpha value is -1.72. The standard InChI is InChI=1S/C12H13F3O3/c1-3-4-18-11(16)8-5-9(12(13,14)15)7-10(6-8)17-2/h5-7H,3-4H2,1-2H3. The summed E-state index contributed by atoms with van der Waals surface area (Å²) in [5.74, 6) is -0.825. The molecule has 0 spiro atoms. The number of ether oxygens (including phenoxy) is 2. The number of rotatable bonds is 4. The van der Waals surface area contributed by atoms with Crippen LogP contribution in [0.2, 0.25) is 0 Å². The smallest absolute Gasteiger partial charge is 0.416 e. The van der Waals surface area contributed by atoms with Gasteiger partial charge >= 0.3 is 12.1 Å². The van der Waals surface area contributed by atoms with E-state index in [0.717, 1.165) is 12.1 Å². The van der Waals surface area contributed by atoms with E-state index in [9.17, 15) is 18.0 Å². The van der Waals surface area contributed by atoms with E-state index in [-0.39, 0.29) is 17.9 Å². The van der Waals surface area contributed by atoms with Gasteiger partial charge in [-0.15, -0.1) is 0 Å². The van der Waals surface area contributed by atoms with E-state index in [1.54, 1.807) is 6.92 Å². The molecule has 0 aromatic heterocycles. The highest BCUT2D eigenvalue weighted by Crippen LogP contribution is 2.32. The third-order valence-electron chi connectivity index (χ3n) is 2.14. The van der Waals surface area contributed by atoms with E-state index in [0.29, 0.717) is 6.42 Å². The monoisotopic (exact) mass is 262 g/mol. The number of halogens is 3. The van der Waals surface area contributed by atoms with Gasteiger partial charge in [0.25, 0.3) is 0 Å². The Morgan fingerprint density at radius 1 is 1.28 bits per heavy atom. The van der Waals surface area contributed by atoms with Crippen LogP contribution in [-0.4, -0.2) is 19.7 Å². The second-order valence-corrected chi connectivity index (χ2v) is 3.58. The zero-order chi connectivity index (χ0) is 13.8. The van der Waals surface area contributed by atoms with Crippen molar-refractivity contribution < 1.29 is 27.4 Å². The molecule has 3 nitrogen and oxygen atoms in total. The van der Waals surface area contributed by atoms with Crippen LogP contribution in [0, 0.1) is 0 Å². The Morgan fingerprint density at radius 3 is 2.44 bits per heavy atom. The lowest BCUT2D eigenvalue weighted by molar-refractivity contribution is -0.137. The van der Waals surface area contributed by atoms with Crippen LogP contribution in [-0.2, 0) is 10.9 Å². The van der Waals surface area contributed by atoms with Gasteiger partial charge in [0, 0.05) is 0 Å². The lowest BCUT2D eigenvalue weighted by atomic mass is 10.1. The van der Waals surface area contributed by atoms with Gasteiger partial charge in [-0.05, 0) is 24.6 Å². The maximum Gasteiger partial charge on any atom is 0.416 e. The van der Waals surface area contributed by atoms with Crippen LogP contribution < -0.4 is 4.74 Å². The summed E-state index contributed by atoms with van der Waals surface area (Å²) in [6.45, 7) is 1.96. The summed E-state index contributed by atoms with van der Waals surface area (Å²) >= 11 is 0. The third-order valence-corrected chi connectivity index (χ3v) is 2.14. The van der Waals surface area contributed by atoms with E-state index in [1.807, 2.05) is 0 Å². The fourth-order valence-electron chi connectivity index (χ4n) is 1.28. The zero-order valence-corrected chi connectivity index (χ0v) is 10.0. The molecule has 18 heavy (non-hydrogen) atoms. The minimum absolute atomic E-state index is 0.0340. The van der Waals surface area contributed by atoms with Crippen molar-refractivity contribution >= 4 is 5.97 Å². The number of carbonyl (C=O) groups excluding carboxylic acids is 1. The zero-order valence-electron chi connectivity index (χ0n) is 10.0. The number of esters is 1. The Bertz CT molecular complexity index is 427. The van der Waals surface area contributed by atoms with Crippen molar-refractivity contribution in [3.8, 4) is 5.75 Å². The van der Waals surface area contributed by atoms with Crippen LogP contribution in [0.5, 0.6) is 5.75 Å². The van der Waals surface area contributed by atoms with Gasteiger partial charge in [-0.2, -0.15) is 13.2 Å². The van der Waals surface area contributed by atoms with E-state index in [4.69, 9.17) is 9.47 Å². The molecule has 1 aromatic rings. The molecule has 0 saturated carbocycles. The molecule has 0 saturated heterocycles. The molecule has 0 unspecified atom stereocenters. The van der Waals surface area contributed by atoms with E-state index in [1.165, 1.54) is 13.2 Å². The molecule has 0 bridgehead atoms. The summed E-state index contributed by atoms with van der Waals surface area (Å²) in [6.07, 6.45) is -3.93. The highest BCUT2D eigenvalue weighted by Gasteiger charge is 2.32. The summed E-state index contributed by atoms with van der Waals surface area (Å²) in [7, 11) is 1.23. The predicted octanol–water partition coefficient (Wildman–Crippen LogP) is 3.28. The quantitative estimate of drug-likeness (QED) is 0.781. The molecule has 0 fully saturated rings. The van der Waals surface area contributed by atoms with Gasteiger partial charge in [0.1, 0.15) is 5.75 Å². The first kappa shape index (κ1) is 14.3. The normalized spacial score (nSPS) is 11.2. The molecular formula is C12H13F3O3. The van der Waals surface area contributed by atoms with Gasteiger partial charge in [0.05, 0.1) is 24.8 Å². The van der Waals surface area contributed by atoms with Crippen molar-refractivity contribution in [3.63, 3.8) is 0 Å². The van der Waals surface area contributed by atoms with Crippen molar-refractivity contribution in [2.45, 2.75) is 19.5 Å². The Labute approximate surface area is 103 Å². The van der Waals surface area contributed by atoms with Gasteiger partial charge < -0.3 is 9.47 Å². The number of hydrogen-bond acceptors (Lipinski definition) is 3. The number of alkyl halides is 3. The first-order valence-corrected chi connectivity index (χ1v) is 5.32. The number of benzene rings is 1. The van der Waals surface area contributed by atoms with Gasteiger partial charge in [-0.3, -0.25) is 0 Å². The van der Waals surface area contributed by atoms with Crippen molar-refractivity contribution in [2.24, 2.45) is 0 Å². The lowest BCUT2D eigenvalue weighted by Gasteiger charge is -2.11. The molecule has 0 atom stereocenters. The van der Waals surface area contributed by atoms with E-state index < -0.39 is 17.7 Å². The topological polar surface area (TPSA) is 35.5 Å². The first-order valence-electron chi connectivity index (χ1n) is 5.32. The molecule has 0 radical (unpaired) electrons. The number of hydrogen-bond donors (Lipinski definition) is 0. The van der Waals surface area contributed by atoms with Crippen LogP contribution in [0.1, 0.15) is 29.3 Å². The van der Waals surface area contributed by atoms with E-state index >= 15 is 0 Å². The largest absolute Gasteiger partial charge is 0.497 e. The van der Waals surface area contributed by atoms with Crippen LogP contribution in [0.4, 0.5) is 13.2 Å². The summed E-state index contributed by atoms with van der Waals surface area (Å²) in [4.78, 5) is 11.5. The summed E-state index contributed by atoms with van der Waals surface area (Å²) in [5.41, 5.74) is -1.11. The number of methoxy groups -OCH3 is 1. The first-order chi connectivity index (χ1) is 8.38. The summed E-state index contributed by atoms with van der Waals surface area (Å²) in [5, 5.41) is 0. The van der Waals surface area contributed by atoms with Crippen molar-refractivity contribution in [1.82, 2.24) is 0 Å². The Morgan fingerprint density at radius 2 is 1.94 bits per heavy atom. The Kier molecular flexibility index (Phi) is 4.58. The molecule has 0 N–H and O–H groups in total. The third kappa shape index (κ3) is 3.65. The van der Waals surface area contributed by atoms with E-state index in [2.05, 4.69) is 0 Å². The van der Waals surface area contributed by atoms with Crippen LogP contribution in [0.15, 0.2) is 18.2 Å². The molecule has 0 heterocycles. The summed E-state index contributed by atoms with van der Waals surface area (Å²) < 4.78 is 47.3. The molecule has 1 aromatic carbocycles. The van der Waals surface area contributed by atoms with Crippen LogP contribution >= 0.6 is 0 Å². The van der Waals surface area contributed by atoms with Gasteiger partial charge in [-0.25, -0.2) is 4.79 Å². The molecular weight excluding hydrogens is 249 g/mol. The number of carbonyl (C=O) groups is 1.